The maximum absolute atomic E-state index is 2.42. The molecule has 15 heavy (non-hydrogen) atoms. The van der Waals surface area contributed by atoms with Crippen LogP contribution >= 0.6 is 0 Å². The Bertz CT molecular complexity index is 126. The molecular formula is C15H32. The van der Waals surface area contributed by atoms with Crippen molar-refractivity contribution in [1.82, 2.24) is 0 Å². The minimum atomic E-state index is 1.02. The predicted octanol–water partition coefficient (Wildman–Crippen LogP) is 5.67. The van der Waals surface area contributed by atoms with Gasteiger partial charge >= 0.3 is 0 Å². The van der Waals surface area contributed by atoms with Crippen LogP contribution in [0.2, 0.25) is 0 Å². The fourth-order valence-electron chi connectivity index (χ4n) is 2.91. The summed E-state index contributed by atoms with van der Waals surface area (Å²) in [4.78, 5) is 0. The van der Waals surface area contributed by atoms with Crippen molar-refractivity contribution >= 4 is 0 Å². The molecule has 0 spiro atoms. The summed E-state index contributed by atoms with van der Waals surface area (Å²) in [5, 5.41) is 0. The number of hydrogen-bond donors (Lipinski definition) is 0. The van der Waals surface area contributed by atoms with Gasteiger partial charge in [-0.1, -0.05) is 66.7 Å². The first-order chi connectivity index (χ1) is 7.26. The lowest BCUT2D eigenvalue weighted by Crippen LogP contribution is -2.05. The molecule has 0 heteroatoms. The van der Waals surface area contributed by atoms with Crippen LogP contribution in [-0.2, 0) is 0 Å². The van der Waals surface area contributed by atoms with Gasteiger partial charge in [0.25, 0.3) is 0 Å². The van der Waals surface area contributed by atoms with Crippen molar-refractivity contribution in [3.05, 3.63) is 0 Å². The van der Waals surface area contributed by atoms with Gasteiger partial charge in [-0.15, -0.1) is 0 Å². The van der Waals surface area contributed by atoms with Crippen LogP contribution in [0.3, 0.4) is 0 Å². The van der Waals surface area contributed by atoms with Gasteiger partial charge in [0, 0.05) is 0 Å². The van der Waals surface area contributed by atoms with Gasteiger partial charge < -0.3 is 0 Å². The van der Waals surface area contributed by atoms with Gasteiger partial charge in [-0.3, -0.25) is 0 Å². The molecule has 0 nitrogen and oxygen atoms in total. The first-order valence-electron chi connectivity index (χ1n) is 7.26. The summed E-state index contributed by atoms with van der Waals surface area (Å²) in [5.74, 6) is 3.12. The molecule has 3 unspecified atom stereocenters. The topological polar surface area (TPSA) is 0 Å². The summed E-state index contributed by atoms with van der Waals surface area (Å²) in [5.41, 5.74) is 0. The Kier molecular flexibility index (Phi) is 9.24. The van der Waals surface area contributed by atoms with Gasteiger partial charge in [0.05, 0.1) is 0 Å². The molecule has 0 heterocycles. The molecule has 3 atom stereocenters. The summed E-state index contributed by atoms with van der Waals surface area (Å²) >= 11 is 0. The highest BCUT2D eigenvalue weighted by Crippen LogP contribution is 2.36. The fraction of sp³-hybridized carbons (Fsp3) is 1.00. The van der Waals surface area contributed by atoms with E-state index in [2.05, 4.69) is 20.8 Å². The first kappa shape index (κ1) is 15.0. The lowest BCUT2D eigenvalue weighted by molar-refractivity contribution is 0.340. The van der Waals surface area contributed by atoms with E-state index >= 15 is 0 Å². The van der Waals surface area contributed by atoms with Crippen LogP contribution in [0.25, 0.3) is 0 Å². The van der Waals surface area contributed by atoms with E-state index in [0.29, 0.717) is 0 Å². The van der Waals surface area contributed by atoms with Crippen molar-refractivity contribution in [2.45, 2.75) is 79.6 Å². The second-order valence-electron chi connectivity index (χ2n) is 5.08. The second-order valence-corrected chi connectivity index (χ2v) is 5.08. The Morgan fingerprint density at radius 1 is 1.13 bits per heavy atom. The van der Waals surface area contributed by atoms with Crippen molar-refractivity contribution < 1.29 is 0 Å². The fourth-order valence-corrected chi connectivity index (χ4v) is 2.91. The molecule has 0 N–H and O–H groups in total. The van der Waals surface area contributed by atoms with Gasteiger partial charge in [0.15, 0.2) is 0 Å². The molecule has 0 bridgehead atoms. The highest BCUT2D eigenvalue weighted by molar-refractivity contribution is 4.75. The molecular weight excluding hydrogens is 180 g/mol. The zero-order valence-electron chi connectivity index (χ0n) is 11.7. The van der Waals surface area contributed by atoms with Crippen LogP contribution in [0.15, 0.2) is 0 Å². The standard InChI is InChI=1S/C13H26.C2H6/c1-4-6-12(5-2)10-13-8-7-11(3)9-13;1-2/h11-13H,4-10H2,1-3H3;1-2H3. The quantitative estimate of drug-likeness (QED) is 0.551. The Hall–Kier alpha value is 0. The maximum atomic E-state index is 2.42. The molecule has 0 aromatic rings. The Morgan fingerprint density at radius 2 is 1.80 bits per heavy atom. The summed E-state index contributed by atoms with van der Waals surface area (Å²) in [7, 11) is 0. The van der Waals surface area contributed by atoms with Crippen LogP contribution in [0, 0.1) is 17.8 Å². The molecule has 0 amide bonds. The van der Waals surface area contributed by atoms with Gasteiger partial charge in [0.2, 0.25) is 0 Å². The molecule has 0 aromatic carbocycles. The van der Waals surface area contributed by atoms with E-state index in [1.807, 2.05) is 13.8 Å². The summed E-state index contributed by atoms with van der Waals surface area (Å²) in [6.07, 6.45) is 10.3. The van der Waals surface area contributed by atoms with Crippen LogP contribution in [-0.4, -0.2) is 0 Å². The summed E-state index contributed by atoms with van der Waals surface area (Å²) < 4.78 is 0. The van der Waals surface area contributed by atoms with E-state index in [1.165, 1.54) is 44.9 Å². The average Bonchev–Trinajstić information content (AvgIpc) is 2.66. The molecule has 0 saturated heterocycles. The molecule has 1 rings (SSSR count). The van der Waals surface area contributed by atoms with E-state index in [1.54, 1.807) is 0 Å². The van der Waals surface area contributed by atoms with Crippen molar-refractivity contribution in [1.29, 1.82) is 0 Å². The smallest absolute Gasteiger partial charge is 0.0409 e. The van der Waals surface area contributed by atoms with Gasteiger partial charge in [-0.25, -0.2) is 0 Å². The summed E-state index contributed by atoms with van der Waals surface area (Å²) in [6.45, 7) is 11.1. The highest BCUT2D eigenvalue weighted by Gasteiger charge is 2.23. The lowest BCUT2D eigenvalue weighted by atomic mass is 9.88. The second kappa shape index (κ2) is 9.24. The Labute approximate surface area is 97.8 Å². The van der Waals surface area contributed by atoms with Crippen molar-refractivity contribution in [3.63, 3.8) is 0 Å². The van der Waals surface area contributed by atoms with E-state index in [0.717, 1.165) is 17.8 Å². The minimum absolute atomic E-state index is 1.02. The van der Waals surface area contributed by atoms with Crippen molar-refractivity contribution in [2.75, 3.05) is 0 Å². The molecule has 1 aliphatic carbocycles. The van der Waals surface area contributed by atoms with E-state index in [4.69, 9.17) is 0 Å². The number of rotatable bonds is 5. The monoisotopic (exact) mass is 212 g/mol. The Morgan fingerprint density at radius 3 is 2.20 bits per heavy atom. The molecule has 1 fully saturated rings. The molecule has 0 aliphatic heterocycles. The van der Waals surface area contributed by atoms with Crippen LogP contribution in [0.1, 0.15) is 79.6 Å². The number of hydrogen-bond acceptors (Lipinski definition) is 0. The Balaban J connectivity index is 0.000000921. The van der Waals surface area contributed by atoms with Crippen molar-refractivity contribution in [2.24, 2.45) is 17.8 Å². The van der Waals surface area contributed by atoms with E-state index < -0.39 is 0 Å². The molecule has 1 saturated carbocycles. The van der Waals surface area contributed by atoms with Gasteiger partial charge in [-0.05, 0) is 30.6 Å². The highest BCUT2D eigenvalue weighted by atomic mass is 14.3. The lowest BCUT2D eigenvalue weighted by Gasteiger charge is -2.18. The largest absolute Gasteiger partial charge is 0.0683 e. The summed E-state index contributed by atoms with van der Waals surface area (Å²) in [6, 6.07) is 0. The SMILES string of the molecule is CC.CCCC(CC)CC1CCC(C)C1. The third-order valence-electron chi connectivity index (χ3n) is 3.74. The molecule has 92 valence electrons. The van der Waals surface area contributed by atoms with E-state index in [9.17, 15) is 0 Å². The predicted molar refractivity (Wildman–Crippen MR) is 71.2 cm³/mol. The van der Waals surface area contributed by atoms with Gasteiger partial charge in [-0.2, -0.15) is 0 Å². The van der Waals surface area contributed by atoms with Crippen LogP contribution in [0.4, 0.5) is 0 Å². The zero-order valence-corrected chi connectivity index (χ0v) is 11.7. The normalized spacial score (nSPS) is 27.0. The van der Waals surface area contributed by atoms with Gasteiger partial charge in [0.1, 0.15) is 0 Å². The molecule has 1 aliphatic rings. The van der Waals surface area contributed by atoms with E-state index in [-0.39, 0.29) is 0 Å². The third kappa shape index (κ3) is 6.22. The third-order valence-corrected chi connectivity index (χ3v) is 3.74. The maximum Gasteiger partial charge on any atom is -0.0409 e. The minimum Gasteiger partial charge on any atom is -0.0683 e. The van der Waals surface area contributed by atoms with Crippen LogP contribution < -0.4 is 0 Å². The average molecular weight is 212 g/mol. The molecule has 0 aromatic heterocycles. The van der Waals surface area contributed by atoms with Crippen molar-refractivity contribution in [3.8, 4) is 0 Å². The zero-order chi connectivity index (χ0) is 11.7. The van der Waals surface area contributed by atoms with Crippen LogP contribution in [0.5, 0.6) is 0 Å². The first-order valence-corrected chi connectivity index (χ1v) is 7.26. The molecule has 0 radical (unpaired) electrons.